The highest BCUT2D eigenvalue weighted by atomic mass is 79.9. The molecule has 1 aromatic rings. The van der Waals surface area contributed by atoms with Crippen LogP contribution in [0.4, 0.5) is 5.69 Å². The molecule has 1 fully saturated rings. The molecule has 13 heavy (non-hydrogen) atoms. The van der Waals surface area contributed by atoms with Gasteiger partial charge in [0.1, 0.15) is 0 Å². The molecular weight excluding hydrogens is 228 g/mol. The number of piperidine rings is 1. The lowest BCUT2D eigenvalue weighted by atomic mass is 10.1. The summed E-state index contributed by atoms with van der Waals surface area (Å²) in [6.45, 7) is -6.35. The average Bonchev–Trinajstić information content (AvgIpc) is 2.36. The second-order valence-corrected chi connectivity index (χ2v) is 3.21. The zero-order valence-corrected chi connectivity index (χ0v) is 8.09. The van der Waals surface area contributed by atoms with Gasteiger partial charge in [0, 0.05) is 37.4 Å². The molecular formula is C10H13BrN2. The molecule has 0 spiro atoms. The summed E-state index contributed by atoms with van der Waals surface area (Å²) in [5.74, 6) is 0. The third kappa shape index (κ3) is 2.21. The van der Waals surface area contributed by atoms with E-state index in [9.17, 15) is 0 Å². The first kappa shape index (κ1) is 2.96. The highest BCUT2D eigenvalue weighted by Crippen LogP contribution is 2.21. The van der Waals surface area contributed by atoms with E-state index in [2.05, 4.69) is 20.9 Å². The summed E-state index contributed by atoms with van der Waals surface area (Å²) in [5, 5.41) is 0. The van der Waals surface area contributed by atoms with E-state index in [-0.39, 0.29) is 10.6 Å². The lowest BCUT2D eigenvalue weighted by Crippen LogP contribution is -2.29. The number of aromatic nitrogens is 1. The number of halogens is 1. The summed E-state index contributed by atoms with van der Waals surface area (Å²) in [6.07, 6.45) is -7.67. The first-order valence-electron chi connectivity index (χ1n) is 8.53. The fraction of sp³-hybridized carbons (Fsp3) is 0.500. The van der Waals surface area contributed by atoms with Crippen LogP contribution in [0.1, 0.15) is 32.8 Å². The minimum Gasteiger partial charge on any atom is -0.370 e. The molecule has 0 aliphatic carbocycles. The van der Waals surface area contributed by atoms with Crippen molar-refractivity contribution in [2.45, 2.75) is 19.1 Å². The third-order valence-electron chi connectivity index (χ3n) is 1.41. The van der Waals surface area contributed by atoms with E-state index in [1.807, 2.05) is 0 Å². The van der Waals surface area contributed by atoms with Gasteiger partial charge in [-0.2, -0.15) is 0 Å². The third-order valence-corrected chi connectivity index (χ3v) is 1.84. The summed E-state index contributed by atoms with van der Waals surface area (Å²) >= 11 is 3.09. The second-order valence-electron chi connectivity index (χ2n) is 2.30. The Balaban J connectivity index is 2.80. The quantitative estimate of drug-likeness (QED) is 0.763. The van der Waals surface area contributed by atoms with Crippen molar-refractivity contribution in [2.24, 2.45) is 0 Å². The molecule has 0 atom stereocenters. The Bertz CT molecular complexity index is 602. The molecule has 0 bridgehead atoms. The van der Waals surface area contributed by atoms with Crippen LogP contribution in [0.5, 0.6) is 0 Å². The van der Waals surface area contributed by atoms with Crippen molar-refractivity contribution in [3.63, 3.8) is 0 Å². The first-order chi connectivity index (χ1) is 10.1. The molecule has 1 aliphatic heterocycles. The zero-order chi connectivity index (χ0) is 18.1. The molecule has 1 aliphatic rings. The van der Waals surface area contributed by atoms with Crippen LogP contribution in [-0.4, -0.2) is 18.0 Å². The maximum absolute atomic E-state index is 8.01. The van der Waals surface area contributed by atoms with E-state index in [1.54, 1.807) is 0 Å². The molecule has 0 radical (unpaired) electrons. The van der Waals surface area contributed by atoms with Crippen molar-refractivity contribution in [3.8, 4) is 0 Å². The van der Waals surface area contributed by atoms with E-state index >= 15 is 0 Å². The van der Waals surface area contributed by atoms with Gasteiger partial charge in [0.05, 0.1) is 11.9 Å². The molecule has 70 valence electrons. The van der Waals surface area contributed by atoms with Crippen LogP contribution in [0.25, 0.3) is 0 Å². The fourth-order valence-electron chi connectivity index (χ4n) is 0.879. The smallest absolute Gasteiger partial charge is 0.0564 e. The van der Waals surface area contributed by atoms with Crippen LogP contribution in [0.2, 0.25) is 0 Å². The van der Waals surface area contributed by atoms with E-state index in [0.29, 0.717) is 4.47 Å². The van der Waals surface area contributed by atoms with Crippen molar-refractivity contribution < 1.29 is 13.7 Å². The predicted molar refractivity (Wildman–Crippen MR) is 58.0 cm³/mol. The molecule has 3 heteroatoms. The van der Waals surface area contributed by atoms with Crippen molar-refractivity contribution >= 4 is 21.6 Å². The summed E-state index contributed by atoms with van der Waals surface area (Å²) in [7, 11) is 0. The molecule has 2 nitrogen and oxygen atoms in total. The summed E-state index contributed by atoms with van der Waals surface area (Å²) < 4.78 is 79.2. The predicted octanol–water partition coefficient (Wildman–Crippen LogP) is 2.83. The largest absolute Gasteiger partial charge is 0.370 e. The zero-order valence-electron chi connectivity index (χ0n) is 16.5. The van der Waals surface area contributed by atoms with Gasteiger partial charge in [-0.1, -0.05) is 0 Å². The second kappa shape index (κ2) is 4.09. The highest BCUT2D eigenvalue weighted by Gasteiger charge is 2.10. The lowest BCUT2D eigenvalue weighted by Gasteiger charge is -2.28. The Morgan fingerprint density at radius 1 is 1.31 bits per heavy atom. The number of pyridine rings is 1. The van der Waals surface area contributed by atoms with Crippen molar-refractivity contribution in [3.05, 3.63) is 22.9 Å². The van der Waals surface area contributed by atoms with E-state index in [4.69, 9.17) is 13.7 Å². The van der Waals surface area contributed by atoms with Crippen molar-refractivity contribution in [2.75, 3.05) is 17.9 Å². The molecule has 1 saturated heterocycles. The molecule has 2 heterocycles. The molecule has 0 N–H and O–H groups in total. The standard InChI is InChI=1S/C10H13BrN2/c11-9-6-10(8-12-7-9)13-4-2-1-3-5-13/h6-8H,1-5H2/i1D2,2D2,3D2,4D2,5D2. The maximum Gasteiger partial charge on any atom is 0.0564 e. The number of hydrogen-bond acceptors (Lipinski definition) is 2. The Kier molecular flexibility index (Phi) is 0.931. The van der Waals surface area contributed by atoms with Crippen LogP contribution >= 0.6 is 15.9 Å². The van der Waals surface area contributed by atoms with Crippen molar-refractivity contribution in [1.29, 1.82) is 0 Å². The van der Waals surface area contributed by atoms with E-state index < -0.39 is 32.1 Å². The maximum atomic E-state index is 8.01. The molecule has 0 unspecified atom stereocenters. The van der Waals surface area contributed by atoms with Gasteiger partial charge >= 0.3 is 0 Å². The molecule has 0 saturated carbocycles. The topological polar surface area (TPSA) is 16.1 Å². The molecule has 0 amide bonds. The average molecular weight is 251 g/mol. The normalized spacial score (nSPS) is 48.2. The van der Waals surface area contributed by atoms with Gasteiger partial charge in [0.15, 0.2) is 0 Å². The first-order valence-corrected chi connectivity index (χ1v) is 4.32. The Hall–Kier alpha value is -0.570. The molecule has 1 aromatic heterocycles. The number of nitrogens with zero attached hydrogens (tertiary/aromatic N) is 2. The van der Waals surface area contributed by atoms with Gasteiger partial charge in [-0.25, -0.2) is 0 Å². The van der Waals surface area contributed by atoms with Gasteiger partial charge < -0.3 is 4.90 Å². The van der Waals surface area contributed by atoms with Gasteiger partial charge in [-0.15, -0.1) is 0 Å². The molecule has 2 rings (SSSR count). The van der Waals surface area contributed by atoms with Gasteiger partial charge in [-0.3, -0.25) is 4.98 Å². The van der Waals surface area contributed by atoms with Crippen LogP contribution < -0.4 is 4.90 Å². The van der Waals surface area contributed by atoms with Crippen LogP contribution in [-0.2, 0) is 0 Å². The minimum atomic E-state index is -3.41. The van der Waals surface area contributed by atoms with Crippen LogP contribution in [0.15, 0.2) is 22.9 Å². The number of rotatable bonds is 1. The van der Waals surface area contributed by atoms with Crippen molar-refractivity contribution in [1.82, 2.24) is 4.98 Å². The van der Waals surface area contributed by atoms with E-state index in [1.165, 1.54) is 12.3 Å². The Morgan fingerprint density at radius 3 is 2.77 bits per heavy atom. The van der Waals surface area contributed by atoms with Gasteiger partial charge in [-0.05, 0) is 41.1 Å². The molecule has 0 aromatic carbocycles. The Morgan fingerprint density at radius 2 is 2.08 bits per heavy atom. The van der Waals surface area contributed by atoms with Crippen LogP contribution in [0, 0.1) is 0 Å². The van der Waals surface area contributed by atoms with Gasteiger partial charge in [0.2, 0.25) is 0 Å². The van der Waals surface area contributed by atoms with Crippen LogP contribution in [0.3, 0.4) is 0 Å². The monoisotopic (exact) mass is 250 g/mol. The number of hydrogen-bond donors (Lipinski definition) is 0. The summed E-state index contributed by atoms with van der Waals surface area (Å²) in [4.78, 5) is 4.04. The summed E-state index contributed by atoms with van der Waals surface area (Å²) in [5.41, 5.74) is -0.211. The minimum absolute atomic E-state index is 0.211. The SMILES string of the molecule is [2H]C1([2H])N(c2cncc(Br)c2)C([2H])([2H])C([2H])([2H])C([2H])([2H])C1([2H])[2H]. The number of anilines is 1. The summed E-state index contributed by atoms with van der Waals surface area (Å²) in [6, 6.07) is 1.26. The lowest BCUT2D eigenvalue weighted by molar-refractivity contribution is 0.577. The van der Waals surface area contributed by atoms with Gasteiger partial charge in [0.25, 0.3) is 0 Å². The Labute approximate surface area is 101 Å². The highest BCUT2D eigenvalue weighted by molar-refractivity contribution is 9.10. The fourth-order valence-corrected chi connectivity index (χ4v) is 1.23. The van der Waals surface area contributed by atoms with E-state index in [0.717, 1.165) is 6.20 Å².